The van der Waals surface area contributed by atoms with E-state index in [9.17, 15) is 0 Å². The fourth-order valence-corrected chi connectivity index (χ4v) is 0.712. The molecule has 1 aromatic rings. The van der Waals surface area contributed by atoms with E-state index in [2.05, 4.69) is 0 Å². The van der Waals surface area contributed by atoms with Gasteiger partial charge in [0.05, 0.1) is 14.2 Å². The zero-order valence-electron chi connectivity index (χ0n) is 8.41. The number of rotatable bonds is 2. The SMILES string of the molecule is CCN.COc1ccc(OC)cc1. The van der Waals surface area contributed by atoms with Gasteiger partial charge in [0.15, 0.2) is 0 Å². The van der Waals surface area contributed by atoms with Gasteiger partial charge in [0.25, 0.3) is 0 Å². The Bertz CT molecular complexity index is 186. The molecule has 0 saturated heterocycles. The highest BCUT2D eigenvalue weighted by Crippen LogP contribution is 2.15. The minimum Gasteiger partial charge on any atom is -0.497 e. The van der Waals surface area contributed by atoms with E-state index in [0.29, 0.717) is 0 Å². The Kier molecular flexibility index (Phi) is 6.73. The molecular formula is C10H17NO2. The molecule has 0 saturated carbocycles. The van der Waals surface area contributed by atoms with Gasteiger partial charge in [-0.3, -0.25) is 0 Å². The van der Waals surface area contributed by atoms with E-state index in [1.54, 1.807) is 14.2 Å². The van der Waals surface area contributed by atoms with Gasteiger partial charge in [-0.1, -0.05) is 6.92 Å². The molecule has 0 aromatic heterocycles. The van der Waals surface area contributed by atoms with Crippen LogP contribution in [0.2, 0.25) is 0 Å². The fraction of sp³-hybridized carbons (Fsp3) is 0.400. The average Bonchev–Trinajstić information content (AvgIpc) is 2.19. The lowest BCUT2D eigenvalue weighted by Gasteiger charge is -2.00. The third-order valence-corrected chi connectivity index (χ3v) is 1.30. The van der Waals surface area contributed by atoms with Gasteiger partial charge in [0.1, 0.15) is 11.5 Å². The molecule has 0 fully saturated rings. The highest BCUT2D eigenvalue weighted by atomic mass is 16.5. The Labute approximate surface area is 79.5 Å². The van der Waals surface area contributed by atoms with Crippen LogP contribution < -0.4 is 15.2 Å². The smallest absolute Gasteiger partial charge is 0.119 e. The van der Waals surface area contributed by atoms with E-state index in [0.717, 1.165) is 18.0 Å². The first-order valence-electron chi connectivity index (χ1n) is 4.16. The lowest BCUT2D eigenvalue weighted by molar-refractivity contribution is 0.403. The summed E-state index contributed by atoms with van der Waals surface area (Å²) >= 11 is 0. The van der Waals surface area contributed by atoms with E-state index < -0.39 is 0 Å². The molecule has 0 aliphatic rings. The summed E-state index contributed by atoms with van der Waals surface area (Å²) in [6.45, 7) is 2.65. The molecule has 13 heavy (non-hydrogen) atoms. The number of hydrogen-bond donors (Lipinski definition) is 1. The standard InChI is InChI=1S/C8H10O2.C2H7N/c1-9-7-3-5-8(10-2)6-4-7;1-2-3/h3-6H,1-2H3;2-3H2,1H3. The second-order valence-electron chi connectivity index (χ2n) is 2.29. The van der Waals surface area contributed by atoms with Crippen LogP contribution in [-0.4, -0.2) is 20.8 Å². The van der Waals surface area contributed by atoms with Crippen LogP contribution >= 0.6 is 0 Å². The summed E-state index contributed by atoms with van der Waals surface area (Å²) in [5.41, 5.74) is 4.85. The van der Waals surface area contributed by atoms with E-state index in [1.165, 1.54) is 0 Å². The molecule has 3 heteroatoms. The third kappa shape index (κ3) is 5.09. The largest absolute Gasteiger partial charge is 0.497 e. The molecule has 1 rings (SSSR count). The van der Waals surface area contributed by atoms with Gasteiger partial charge in [-0.05, 0) is 30.8 Å². The Balaban J connectivity index is 0.000000424. The van der Waals surface area contributed by atoms with Gasteiger partial charge in [-0.2, -0.15) is 0 Å². The van der Waals surface area contributed by atoms with Gasteiger partial charge in [0, 0.05) is 0 Å². The zero-order chi connectivity index (χ0) is 10.1. The molecule has 0 amide bonds. The molecule has 3 nitrogen and oxygen atoms in total. The molecule has 0 atom stereocenters. The summed E-state index contributed by atoms with van der Waals surface area (Å²) in [6.07, 6.45) is 0. The third-order valence-electron chi connectivity index (χ3n) is 1.30. The van der Waals surface area contributed by atoms with Crippen molar-refractivity contribution in [3.8, 4) is 11.5 Å². The van der Waals surface area contributed by atoms with Crippen LogP contribution in [0, 0.1) is 0 Å². The van der Waals surface area contributed by atoms with Crippen molar-refractivity contribution in [1.82, 2.24) is 0 Å². The van der Waals surface area contributed by atoms with Crippen molar-refractivity contribution in [2.45, 2.75) is 6.92 Å². The Hall–Kier alpha value is -1.22. The number of ether oxygens (including phenoxy) is 2. The monoisotopic (exact) mass is 183 g/mol. The summed E-state index contributed by atoms with van der Waals surface area (Å²) in [5.74, 6) is 1.70. The molecule has 0 spiro atoms. The normalized spacial score (nSPS) is 8.31. The Morgan fingerprint density at radius 3 is 1.38 bits per heavy atom. The van der Waals surface area contributed by atoms with Crippen molar-refractivity contribution in [2.75, 3.05) is 20.8 Å². The summed E-state index contributed by atoms with van der Waals surface area (Å²) in [6, 6.07) is 7.44. The van der Waals surface area contributed by atoms with Crippen molar-refractivity contribution in [3.63, 3.8) is 0 Å². The number of hydrogen-bond acceptors (Lipinski definition) is 3. The second kappa shape index (κ2) is 7.43. The minimum absolute atomic E-state index is 0.750. The Morgan fingerprint density at radius 2 is 1.23 bits per heavy atom. The molecule has 74 valence electrons. The van der Waals surface area contributed by atoms with Crippen LogP contribution in [-0.2, 0) is 0 Å². The molecule has 0 aliphatic heterocycles. The van der Waals surface area contributed by atoms with Crippen LogP contribution in [0.3, 0.4) is 0 Å². The summed E-state index contributed by atoms with van der Waals surface area (Å²) in [7, 11) is 3.28. The zero-order valence-corrected chi connectivity index (χ0v) is 8.41. The van der Waals surface area contributed by atoms with Gasteiger partial charge < -0.3 is 15.2 Å². The molecule has 0 aliphatic carbocycles. The van der Waals surface area contributed by atoms with Crippen molar-refractivity contribution in [2.24, 2.45) is 5.73 Å². The highest BCUT2D eigenvalue weighted by Gasteiger charge is 1.89. The molecule has 0 heterocycles. The van der Waals surface area contributed by atoms with E-state index >= 15 is 0 Å². The molecule has 2 N–H and O–H groups in total. The number of benzene rings is 1. The Morgan fingerprint density at radius 1 is 1.00 bits per heavy atom. The van der Waals surface area contributed by atoms with Crippen molar-refractivity contribution in [1.29, 1.82) is 0 Å². The van der Waals surface area contributed by atoms with Crippen LogP contribution in [0.25, 0.3) is 0 Å². The minimum atomic E-state index is 0.750. The van der Waals surface area contributed by atoms with Gasteiger partial charge >= 0.3 is 0 Å². The first kappa shape index (κ1) is 11.8. The predicted octanol–water partition coefficient (Wildman–Crippen LogP) is 1.67. The van der Waals surface area contributed by atoms with Gasteiger partial charge in [0.2, 0.25) is 0 Å². The number of methoxy groups -OCH3 is 2. The summed E-state index contributed by atoms with van der Waals surface area (Å²) < 4.78 is 9.92. The molecule has 1 aromatic carbocycles. The van der Waals surface area contributed by atoms with Crippen LogP contribution in [0.4, 0.5) is 0 Å². The van der Waals surface area contributed by atoms with E-state index in [4.69, 9.17) is 15.2 Å². The quantitative estimate of drug-likeness (QED) is 0.758. The second-order valence-corrected chi connectivity index (χ2v) is 2.29. The van der Waals surface area contributed by atoms with Crippen molar-refractivity contribution in [3.05, 3.63) is 24.3 Å². The van der Waals surface area contributed by atoms with Crippen molar-refractivity contribution < 1.29 is 9.47 Å². The number of nitrogens with two attached hydrogens (primary N) is 1. The maximum Gasteiger partial charge on any atom is 0.119 e. The van der Waals surface area contributed by atoms with Crippen molar-refractivity contribution >= 4 is 0 Å². The van der Waals surface area contributed by atoms with Crippen LogP contribution in [0.1, 0.15) is 6.92 Å². The summed E-state index contributed by atoms with van der Waals surface area (Å²) in [5, 5.41) is 0. The highest BCUT2D eigenvalue weighted by molar-refractivity contribution is 5.30. The van der Waals surface area contributed by atoms with Gasteiger partial charge in [-0.15, -0.1) is 0 Å². The predicted molar refractivity (Wildman–Crippen MR) is 54.3 cm³/mol. The first-order chi connectivity index (χ1) is 6.28. The average molecular weight is 183 g/mol. The molecule has 0 radical (unpaired) electrons. The fourth-order valence-electron chi connectivity index (χ4n) is 0.712. The lowest BCUT2D eigenvalue weighted by atomic mass is 10.3. The maximum atomic E-state index is 4.96. The van der Waals surface area contributed by atoms with Crippen LogP contribution in [0.5, 0.6) is 11.5 Å². The van der Waals surface area contributed by atoms with E-state index in [1.807, 2.05) is 31.2 Å². The maximum absolute atomic E-state index is 4.96. The van der Waals surface area contributed by atoms with Crippen LogP contribution in [0.15, 0.2) is 24.3 Å². The first-order valence-corrected chi connectivity index (χ1v) is 4.16. The molecule has 0 bridgehead atoms. The van der Waals surface area contributed by atoms with E-state index in [-0.39, 0.29) is 0 Å². The molecule has 0 unspecified atom stereocenters. The topological polar surface area (TPSA) is 44.5 Å². The molecular weight excluding hydrogens is 166 g/mol. The summed E-state index contributed by atoms with van der Waals surface area (Å²) in [4.78, 5) is 0. The lowest BCUT2D eigenvalue weighted by Crippen LogP contribution is -1.87. The van der Waals surface area contributed by atoms with Gasteiger partial charge in [-0.25, -0.2) is 0 Å².